The van der Waals surface area contributed by atoms with E-state index in [1.807, 2.05) is 38.1 Å². The zero-order valence-corrected chi connectivity index (χ0v) is 19.1. The molecule has 2 N–H and O–H groups in total. The van der Waals surface area contributed by atoms with E-state index in [2.05, 4.69) is 15.8 Å². The highest BCUT2D eigenvalue weighted by Gasteiger charge is 2.13. The molecule has 0 saturated heterocycles. The Kier molecular flexibility index (Phi) is 8.12. The average molecular weight is 460 g/mol. The lowest BCUT2D eigenvalue weighted by Crippen LogP contribution is -2.34. The van der Waals surface area contributed by atoms with Gasteiger partial charge in [-0.25, -0.2) is 10.2 Å². The zero-order valence-electron chi connectivity index (χ0n) is 19.1. The van der Waals surface area contributed by atoms with E-state index < -0.39 is 11.9 Å². The Bertz CT molecular complexity index is 1200. The number of hydrogen-bond donors (Lipinski definition) is 2. The lowest BCUT2D eigenvalue weighted by Gasteiger charge is -2.10. The van der Waals surface area contributed by atoms with Crippen LogP contribution in [0.3, 0.4) is 0 Å². The van der Waals surface area contributed by atoms with Crippen molar-refractivity contribution >= 4 is 24.0 Å². The molecule has 0 spiro atoms. The molecule has 0 aliphatic carbocycles. The molecule has 0 fully saturated rings. The van der Waals surface area contributed by atoms with Crippen molar-refractivity contribution < 1.29 is 23.9 Å². The quantitative estimate of drug-likeness (QED) is 0.232. The Morgan fingerprint density at radius 2 is 1.47 bits per heavy atom. The van der Waals surface area contributed by atoms with Crippen LogP contribution in [0.15, 0.2) is 71.8 Å². The minimum Gasteiger partial charge on any atom is -0.493 e. The number of nitrogens with zero attached hydrogens (tertiary/aromatic N) is 1. The highest BCUT2D eigenvalue weighted by molar-refractivity contribution is 5.96. The number of carbonyl (C=O) groups is 3. The van der Waals surface area contributed by atoms with Gasteiger partial charge in [0.2, 0.25) is 0 Å². The van der Waals surface area contributed by atoms with Crippen LogP contribution in [0.1, 0.15) is 37.4 Å². The van der Waals surface area contributed by atoms with Crippen molar-refractivity contribution in [2.45, 2.75) is 13.8 Å². The highest BCUT2D eigenvalue weighted by Crippen LogP contribution is 2.28. The molecule has 3 aromatic carbocycles. The number of benzene rings is 3. The summed E-state index contributed by atoms with van der Waals surface area (Å²) >= 11 is 0. The SMILES string of the molecule is COc1cc(C=NNC(=O)CNC(=O)c2ccc(C)cc2)ccc1OC(=O)c1ccc(C)cc1. The van der Waals surface area contributed by atoms with Gasteiger partial charge in [-0.2, -0.15) is 5.10 Å². The van der Waals surface area contributed by atoms with E-state index in [-0.39, 0.29) is 18.2 Å². The third-order valence-corrected chi connectivity index (χ3v) is 4.80. The van der Waals surface area contributed by atoms with Gasteiger partial charge in [0, 0.05) is 5.56 Å². The Balaban J connectivity index is 1.53. The van der Waals surface area contributed by atoms with Crippen LogP contribution in [-0.2, 0) is 4.79 Å². The number of amides is 2. The molecule has 0 atom stereocenters. The number of methoxy groups -OCH3 is 1. The second-order valence-electron chi connectivity index (χ2n) is 7.51. The van der Waals surface area contributed by atoms with Crippen molar-refractivity contribution in [3.8, 4) is 11.5 Å². The van der Waals surface area contributed by atoms with Crippen molar-refractivity contribution in [2.24, 2.45) is 5.10 Å². The summed E-state index contributed by atoms with van der Waals surface area (Å²) in [7, 11) is 1.46. The van der Waals surface area contributed by atoms with Crippen LogP contribution in [-0.4, -0.2) is 37.7 Å². The molecule has 8 nitrogen and oxygen atoms in total. The topological polar surface area (TPSA) is 106 Å². The Hall–Kier alpha value is -4.46. The molecule has 0 unspecified atom stereocenters. The highest BCUT2D eigenvalue weighted by atomic mass is 16.6. The first kappa shape index (κ1) is 24.2. The van der Waals surface area contributed by atoms with Gasteiger partial charge >= 0.3 is 5.97 Å². The van der Waals surface area contributed by atoms with Gasteiger partial charge in [0.05, 0.1) is 25.4 Å². The molecule has 34 heavy (non-hydrogen) atoms. The third kappa shape index (κ3) is 6.77. The van der Waals surface area contributed by atoms with Gasteiger partial charge < -0.3 is 14.8 Å². The molecule has 0 radical (unpaired) electrons. The Morgan fingerprint density at radius 1 is 0.853 bits per heavy atom. The summed E-state index contributed by atoms with van der Waals surface area (Å²) in [4.78, 5) is 36.4. The lowest BCUT2D eigenvalue weighted by atomic mass is 10.1. The number of hydrogen-bond acceptors (Lipinski definition) is 6. The van der Waals surface area contributed by atoms with Crippen LogP contribution < -0.4 is 20.2 Å². The first-order valence-corrected chi connectivity index (χ1v) is 10.5. The van der Waals surface area contributed by atoms with E-state index in [0.717, 1.165) is 11.1 Å². The molecule has 0 aliphatic rings. The summed E-state index contributed by atoms with van der Waals surface area (Å²) < 4.78 is 10.7. The summed E-state index contributed by atoms with van der Waals surface area (Å²) in [6, 6.07) is 18.9. The Labute approximate surface area is 197 Å². The number of hydrazone groups is 1. The van der Waals surface area contributed by atoms with Crippen LogP contribution in [0.5, 0.6) is 11.5 Å². The van der Waals surface area contributed by atoms with Gasteiger partial charge in [-0.3, -0.25) is 9.59 Å². The number of aryl methyl sites for hydroxylation is 2. The normalized spacial score (nSPS) is 10.6. The van der Waals surface area contributed by atoms with Crippen LogP contribution in [0.2, 0.25) is 0 Å². The fraction of sp³-hybridized carbons (Fsp3) is 0.154. The van der Waals surface area contributed by atoms with Crippen molar-refractivity contribution in [3.05, 3.63) is 94.5 Å². The minimum atomic E-state index is -0.500. The largest absolute Gasteiger partial charge is 0.493 e. The lowest BCUT2D eigenvalue weighted by molar-refractivity contribution is -0.120. The van der Waals surface area contributed by atoms with Gasteiger partial charge in [-0.1, -0.05) is 35.4 Å². The van der Waals surface area contributed by atoms with E-state index in [0.29, 0.717) is 22.4 Å². The second kappa shape index (κ2) is 11.4. The first-order valence-electron chi connectivity index (χ1n) is 10.5. The van der Waals surface area contributed by atoms with Gasteiger partial charge in [0.1, 0.15) is 0 Å². The first-order chi connectivity index (χ1) is 16.4. The Morgan fingerprint density at radius 3 is 2.09 bits per heavy atom. The molecule has 0 aromatic heterocycles. The van der Waals surface area contributed by atoms with Gasteiger partial charge in [-0.05, 0) is 61.9 Å². The number of carbonyl (C=O) groups excluding carboxylic acids is 3. The number of ether oxygens (including phenoxy) is 2. The summed E-state index contributed by atoms with van der Waals surface area (Å²) in [6.45, 7) is 3.64. The summed E-state index contributed by atoms with van der Waals surface area (Å²) in [6.07, 6.45) is 1.41. The van der Waals surface area contributed by atoms with Crippen molar-refractivity contribution in [3.63, 3.8) is 0 Å². The zero-order chi connectivity index (χ0) is 24.5. The second-order valence-corrected chi connectivity index (χ2v) is 7.51. The van der Waals surface area contributed by atoms with E-state index in [9.17, 15) is 14.4 Å². The minimum absolute atomic E-state index is 0.221. The summed E-state index contributed by atoms with van der Waals surface area (Å²) in [5.74, 6) is -0.735. The van der Waals surface area contributed by atoms with E-state index in [4.69, 9.17) is 9.47 Å². The van der Waals surface area contributed by atoms with E-state index in [1.165, 1.54) is 13.3 Å². The van der Waals surface area contributed by atoms with Gasteiger partial charge in [0.15, 0.2) is 11.5 Å². The van der Waals surface area contributed by atoms with Crippen LogP contribution >= 0.6 is 0 Å². The van der Waals surface area contributed by atoms with E-state index in [1.54, 1.807) is 42.5 Å². The molecular weight excluding hydrogens is 434 g/mol. The van der Waals surface area contributed by atoms with Crippen LogP contribution in [0.4, 0.5) is 0 Å². The molecule has 0 bridgehead atoms. The fourth-order valence-electron chi connectivity index (χ4n) is 2.88. The number of nitrogens with one attached hydrogen (secondary N) is 2. The van der Waals surface area contributed by atoms with Crippen LogP contribution in [0, 0.1) is 13.8 Å². The molecule has 0 heterocycles. The predicted molar refractivity (Wildman–Crippen MR) is 128 cm³/mol. The van der Waals surface area contributed by atoms with Crippen molar-refractivity contribution in [1.29, 1.82) is 0 Å². The molecule has 3 rings (SSSR count). The third-order valence-electron chi connectivity index (χ3n) is 4.80. The van der Waals surface area contributed by atoms with E-state index >= 15 is 0 Å². The molecule has 8 heteroatoms. The maximum atomic E-state index is 12.4. The summed E-state index contributed by atoms with van der Waals surface area (Å²) in [5.41, 5.74) is 5.93. The molecule has 0 saturated carbocycles. The smallest absolute Gasteiger partial charge is 0.343 e. The van der Waals surface area contributed by atoms with Gasteiger partial charge in [0.25, 0.3) is 11.8 Å². The molecule has 174 valence electrons. The fourth-order valence-corrected chi connectivity index (χ4v) is 2.88. The van der Waals surface area contributed by atoms with Crippen molar-refractivity contribution in [1.82, 2.24) is 10.7 Å². The molecule has 2 amide bonds. The molecule has 3 aromatic rings. The van der Waals surface area contributed by atoms with Gasteiger partial charge in [-0.15, -0.1) is 0 Å². The van der Waals surface area contributed by atoms with Crippen molar-refractivity contribution in [2.75, 3.05) is 13.7 Å². The number of esters is 1. The monoisotopic (exact) mass is 459 g/mol. The predicted octanol–water partition coefficient (Wildman–Crippen LogP) is 3.41. The molecule has 0 aliphatic heterocycles. The standard InChI is InChI=1S/C26H25N3O5/c1-17-4-9-20(10-5-17)25(31)27-16-24(30)29-28-15-19-8-13-22(23(14-19)33-3)34-26(32)21-11-6-18(2)7-12-21/h4-15H,16H2,1-3H3,(H,27,31)(H,29,30). The van der Waals surface area contributed by atoms with Crippen LogP contribution in [0.25, 0.3) is 0 Å². The number of rotatable bonds is 8. The maximum Gasteiger partial charge on any atom is 0.343 e. The molecular formula is C26H25N3O5. The average Bonchev–Trinajstić information content (AvgIpc) is 2.84. The summed E-state index contributed by atoms with van der Waals surface area (Å²) in [5, 5.41) is 6.42. The maximum absolute atomic E-state index is 12.4.